The van der Waals surface area contributed by atoms with Gasteiger partial charge in [0.15, 0.2) is 0 Å². The number of carbonyl (C=O) groups is 2. The van der Waals surface area contributed by atoms with Gasteiger partial charge in [-0.05, 0) is 40.2 Å². The van der Waals surface area contributed by atoms with Crippen molar-refractivity contribution in [2.45, 2.75) is 40.2 Å². The topological polar surface area (TPSA) is 87.7 Å². The lowest BCUT2D eigenvalue weighted by Crippen LogP contribution is -2.27. The zero-order valence-corrected chi connectivity index (χ0v) is 12.4. The molecule has 0 atom stereocenters. The minimum absolute atomic E-state index is 0.390. The number of carboxylic acid groups (broad SMARTS) is 1. The van der Waals surface area contributed by atoms with E-state index >= 15 is 0 Å². The van der Waals surface area contributed by atoms with Gasteiger partial charge in [0.1, 0.15) is 10.6 Å². The Morgan fingerprint density at radius 1 is 1.21 bits per heavy atom. The molecule has 0 saturated carbocycles. The van der Waals surface area contributed by atoms with Gasteiger partial charge in [0.2, 0.25) is 0 Å². The Balaban J connectivity index is 2.92. The molecule has 19 heavy (non-hydrogen) atoms. The van der Waals surface area contributed by atoms with Crippen LogP contribution < -0.4 is 10.6 Å². The molecule has 0 bridgehead atoms. The standard InChI is InChI=1S/C12H18N2O4S/c1-6-7(2)19-9(8(6)13-10(15)16)14-11(17)18-12(3,4)5/h13H,1-5H3,(H,14,17)(H,15,16). The lowest BCUT2D eigenvalue weighted by atomic mass is 10.2. The Labute approximate surface area is 115 Å². The van der Waals surface area contributed by atoms with Gasteiger partial charge < -0.3 is 9.84 Å². The summed E-state index contributed by atoms with van der Waals surface area (Å²) in [5.41, 5.74) is 0.575. The predicted octanol–water partition coefficient (Wildman–Crippen LogP) is 3.80. The predicted molar refractivity (Wildman–Crippen MR) is 75.3 cm³/mol. The number of amides is 2. The van der Waals surface area contributed by atoms with Crippen molar-refractivity contribution in [1.29, 1.82) is 0 Å². The fourth-order valence-corrected chi connectivity index (χ4v) is 2.37. The van der Waals surface area contributed by atoms with Gasteiger partial charge in [0.05, 0.1) is 5.69 Å². The van der Waals surface area contributed by atoms with Gasteiger partial charge in [-0.25, -0.2) is 9.59 Å². The average Bonchev–Trinajstić information content (AvgIpc) is 2.42. The van der Waals surface area contributed by atoms with Crippen molar-refractivity contribution in [3.05, 3.63) is 10.4 Å². The van der Waals surface area contributed by atoms with Crippen molar-refractivity contribution >= 4 is 34.2 Å². The molecule has 0 aliphatic rings. The number of hydrogen-bond acceptors (Lipinski definition) is 4. The summed E-state index contributed by atoms with van der Waals surface area (Å²) in [4.78, 5) is 23.4. The van der Waals surface area contributed by atoms with E-state index < -0.39 is 17.8 Å². The molecule has 2 amide bonds. The Hall–Kier alpha value is -1.76. The Kier molecular flexibility index (Phi) is 4.41. The molecule has 106 valence electrons. The quantitative estimate of drug-likeness (QED) is 0.771. The third-order valence-corrected chi connectivity index (χ3v) is 3.35. The number of thiophene rings is 1. The minimum atomic E-state index is -1.17. The summed E-state index contributed by atoms with van der Waals surface area (Å²) in [6.45, 7) is 8.92. The van der Waals surface area contributed by atoms with Crippen LogP contribution >= 0.6 is 11.3 Å². The van der Waals surface area contributed by atoms with Crippen LogP contribution in [0, 0.1) is 13.8 Å². The van der Waals surface area contributed by atoms with E-state index in [-0.39, 0.29) is 0 Å². The van der Waals surface area contributed by atoms with E-state index in [9.17, 15) is 9.59 Å². The average molecular weight is 286 g/mol. The summed E-state index contributed by atoms with van der Waals surface area (Å²) in [6, 6.07) is 0. The van der Waals surface area contributed by atoms with Gasteiger partial charge in [0, 0.05) is 4.88 Å². The molecule has 6 nitrogen and oxygen atoms in total. The summed E-state index contributed by atoms with van der Waals surface area (Å²) >= 11 is 1.30. The van der Waals surface area contributed by atoms with Crippen molar-refractivity contribution in [2.75, 3.05) is 10.6 Å². The lowest BCUT2D eigenvalue weighted by Gasteiger charge is -2.19. The molecule has 0 aliphatic carbocycles. The van der Waals surface area contributed by atoms with E-state index in [0.717, 1.165) is 10.4 Å². The summed E-state index contributed by atoms with van der Waals surface area (Å²) < 4.78 is 5.13. The smallest absolute Gasteiger partial charge is 0.412 e. The van der Waals surface area contributed by atoms with Gasteiger partial charge in [-0.1, -0.05) is 0 Å². The van der Waals surface area contributed by atoms with Crippen LogP contribution in [0.3, 0.4) is 0 Å². The Morgan fingerprint density at radius 2 is 1.79 bits per heavy atom. The summed E-state index contributed by atoms with van der Waals surface area (Å²) in [5, 5.41) is 14.1. The second-order valence-corrected chi connectivity index (χ2v) is 6.27. The van der Waals surface area contributed by atoms with Crippen LogP contribution in [0.15, 0.2) is 0 Å². The molecule has 1 rings (SSSR count). The Morgan fingerprint density at radius 3 is 2.26 bits per heavy atom. The van der Waals surface area contributed by atoms with Crippen molar-refractivity contribution in [1.82, 2.24) is 0 Å². The molecule has 0 aromatic carbocycles. The van der Waals surface area contributed by atoms with Gasteiger partial charge in [-0.3, -0.25) is 10.6 Å². The maximum Gasteiger partial charge on any atom is 0.412 e. The van der Waals surface area contributed by atoms with E-state index in [1.165, 1.54) is 11.3 Å². The summed E-state index contributed by atoms with van der Waals surface area (Å²) in [7, 11) is 0. The summed E-state index contributed by atoms with van der Waals surface area (Å²) in [5.74, 6) is 0. The Bertz CT molecular complexity index is 503. The van der Waals surface area contributed by atoms with Crippen molar-refractivity contribution < 1.29 is 19.4 Å². The molecular formula is C12H18N2O4S. The molecule has 0 spiro atoms. The molecule has 0 radical (unpaired) electrons. The van der Waals surface area contributed by atoms with E-state index in [1.807, 2.05) is 6.92 Å². The van der Waals surface area contributed by atoms with Crippen molar-refractivity contribution in [3.63, 3.8) is 0 Å². The van der Waals surface area contributed by atoms with Crippen LogP contribution in [0.2, 0.25) is 0 Å². The molecule has 7 heteroatoms. The molecule has 0 saturated heterocycles. The highest BCUT2D eigenvalue weighted by Crippen LogP contribution is 2.37. The van der Waals surface area contributed by atoms with E-state index in [1.54, 1.807) is 27.7 Å². The second-order valence-electron chi connectivity index (χ2n) is 5.04. The SMILES string of the molecule is Cc1sc(NC(=O)OC(C)(C)C)c(NC(=O)O)c1C. The number of nitrogens with one attached hydrogen (secondary N) is 2. The fourth-order valence-electron chi connectivity index (χ4n) is 1.37. The van der Waals surface area contributed by atoms with Crippen LogP contribution in [0.25, 0.3) is 0 Å². The first-order chi connectivity index (χ1) is 8.60. The number of anilines is 2. The molecule has 0 unspecified atom stereocenters. The van der Waals surface area contributed by atoms with Gasteiger partial charge in [0.25, 0.3) is 0 Å². The normalized spacial score (nSPS) is 11.0. The van der Waals surface area contributed by atoms with Gasteiger partial charge in [-0.15, -0.1) is 11.3 Å². The fraction of sp³-hybridized carbons (Fsp3) is 0.500. The van der Waals surface area contributed by atoms with Crippen LogP contribution in [0.4, 0.5) is 20.3 Å². The van der Waals surface area contributed by atoms with Crippen molar-refractivity contribution in [3.8, 4) is 0 Å². The lowest BCUT2D eigenvalue weighted by molar-refractivity contribution is 0.0636. The van der Waals surface area contributed by atoms with Gasteiger partial charge >= 0.3 is 12.2 Å². The molecule has 0 fully saturated rings. The van der Waals surface area contributed by atoms with Crippen LogP contribution in [0.5, 0.6) is 0 Å². The van der Waals surface area contributed by atoms with Gasteiger partial charge in [-0.2, -0.15) is 0 Å². The third-order valence-electron chi connectivity index (χ3n) is 2.23. The van der Waals surface area contributed by atoms with Crippen LogP contribution in [-0.2, 0) is 4.74 Å². The molecule has 0 aliphatic heterocycles. The second kappa shape index (κ2) is 5.48. The van der Waals surface area contributed by atoms with E-state index in [4.69, 9.17) is 9.84 Å². The number of rotatable bonds is 2. The number of ether oxygens (including phenoxy) is 1. The largest absolute Gasteiger partial charge is 0.465 e. The zero-order chi connectivity index (χ0) is 14.8. The molecule has 1 aromatic rings. The third kappa shape index (κ3) is 4.44. The monoisotopic (exact) mass is 286 g/mol. The maximum absolute atomic E-state index is 11.7. The number of carbonyl (C=O) groups excluding carboxylic acids is 1. The highest BCUT2D eigenvalue weighted by molar-refractivity contribution is 7.17. The maximum atomic E-state index is 11.7. The molecule has 3 N–H and O–H groups in total. The highest BCUT2D eigenvalue weighted by Gasteiger charge is 2.20. The zero-order valence-electron chi connectivity index (χ0n) is 11.6. The van der Waals surface area contributed by atoms with E-state index in [2.05, 4.69) is 10.6 Å². The van der Waals surface area contributed by atoms with Crippen LogP contribution in [-0.4, -0.2) is 22.9 Å². The van der Waals surface area contributed by atoms with Crippen LogP contribution in [0.1, 0.15) is 31.2 Å². The first-order valence-electron chi connectivity index (χ1n) is 5.70. The molecular weight excluding hydrogens is 268 g/mol. The first kappa shape index (κ1) is 15.3. The molecule has 1 heterocycles. The minimum Gasteiger partial charge on any atom is -0.465 e. The highest BCUT2D eigenvalue weighted by atomic mass is 32.1. The first-order valence-corrected chi connectivity index (χ1v) is 6.51. The number of hydrogen-bond donors (Lipinski definition) is 3. The van der Waals surface area contributed by atoms with Crippen molar-refractivity contribution in [2.24, 2.45) is 0 Å². The summed E-state index contributed by atoms with van der Waals surface area (Å²) in [6.07, 6.45) is -1.78. The van der Waals surface area contributed by atoms with E-state index in [0.29, 0.717) is 10.7 Å². The molecule has 1 aromatic heterocycles. The number of aryl methyl sites for hydroxylation is 1.